The van der Waals surface area contributed by atoms with E-state index in [1.54, 1.807) is 0 Å². The van der Waals surface area contributed by atoms with Gasteiger partial charge in [-0.1, -0.05) is 85.5 Å². The number of likely N-dealkylation sites (tertiary alicyclic amines) is 2. The number of guanidine groups is 1. The van der Waals surface area contributed by atoms with Gasteiger partial charge in [0.05, 0.1) is 13.2 Å². The molecule has 556 valence electrons. The first-order valence-corrected chi connectivity index (χ1v) is 38.3. The Labute approximate surface area is 598 Å². The predicted octanol–water partition coefficient (Wildman–Crippen LogP) is 0.366. The Balaban J connectivity index is 1.03. The van der Waals surface area contributed by atoms with E-state index in [9.17, 15) is 62.3 Å². The molecule has 7 rings (SSSR count). The lowest BCUT2D eigenvalue weighted by Crippen LogP contribution is -2.60. The summed E-state index contributed by atoms with van der Waals surface area (Å²) in [6.45, 7) is 7.79. The summed E-state index contributed by atoms with van der Waals surface area (Å²) in [7, 11) is 2.12. The van der Waals surface area contributed by atoms with E-state index in [2.05, 4.69) is 75.6 Å². The van der Waals surface area contributed by atoms with E-state index in [-0.39, 0.29) is 125 Å². The summed E-state index contributed by atoms with van der Waals surface area (Å²) in [6.07, 6.45) is 8.21. The molecule has 0 aromatic heterocycles. The molecule has 4 heterocycles. The van der Waals surface area contributed by atoms with E-state index in [1.807, 2.05) is 51.1 Å². The van der Waals surface area contributed by atoms with Crippen LogP contribution in [-0.4, -0.2) is 211 Å². The Kier molecular flexibility index (Phi) is 32.4. The Bertz CT molecular complexity index is 3140. The van der Waals surface area contributed by atoms with Gasteiger partial charge in [-0.15, -0.1) is 11.8 Å². The third-order valence-electron chi connectivity index (χ3n) is 19.1. The van der Waals surface area contributed by atoms with Crippen LogP contribution in [0, 0.1) is 40.9 Å². The van der Waals surface area contributed by atoms with Crippen LogP contribution in [0.2, 0.25) is 0 Å². The van der Waals surface area contributed by atoms with Gasteiger partial charge in [-0.05, 0) is 132 Å². The van der Waals surface area contributed by atoms with Gasteiger partial charge in [-0.25, -0.2) is 4.79 Å². The van der Waals surface area contributed by atoms with Crippen molar-refractivity contribution in [3.8, 4) is 11.8 Å². The molecule has 30 nitrogen and oxygen atoms in total. The number of carbonyl (C=O) groups is 13. The van der Waals surface area contributed by atoms with Gasteiger partial charge in [-0.2, -0.15) is 0 Å². The number of benzene rings is 1. The van der Waals surface area contributed by atoms with Crippen molar-refractivity contribution in [3.63, 3.8) is 0 Å². The number of rotatable bonds is 32. The zero-order chi connectivity index (χ0) is 73.0. The minimum absolute atomic E-state index is 0.0158. The number of carbonyl (C=O) groups excluding carboxylic acids is 13. The van der Waals surface area contributed by atoms with Gasteiger partial charge in [0.15, 0.2) is 5.96 Å². The van der Waals surface area contributed by atoms with Gasteiger partial charge in [0.25, 0.3) is 0 Å². The first-order valence-electron chi connectivity index (χ1n) is 35.8. The molecule has 1 saturated carbocycles. The second-order valence-corrected chi connectivity index (χ2v) is 29.8. The van der Waals surface area contributed by atoms with Crippen LogP contribution in [0.25, 0.3) is 0 Å². The highest BCUT2D eigenvalue weighted by Crippen LogP contribution is 2.52. The summed E-state index contributed by atoms with van der Waals surface area (Å²) in [6, 6.07) is -1.77. The topological polar surface area (TPSA) is 432 Å². The first-order chi connectivity index (χ1) is 48.5. The Morgan fingerprint density at radius 2 is 1.28 bits per heavy atom. The van der Waals surface area contributed by atoms with Crippen LogP contribution in [-0.2, 0) is 68.7 Å². The number of nitrogens with one attached hydrogen (secondary N) is 13. The van der Waals surface area contributed by atoms with Gasteiger partial charge >= 0.3 is 6.09 Å². The molecule has 0 radical (unpaired) electrons. The van der Waals surface area contributed by atoms with Crippen molar-refractivity contribution in [2.24, 2.45) is 29.4 Å². The van der Waals surface area contributed by atoms with E-state index in [0.29, 0.717) is 63.3 Å². The van der Waals surface area contributed by atoms with E-state index in [4.69, 9.17) is 15.9 Å². The highest BCUT2D eigenvalue weighted by Gasteiger charge is 2.49. The normalized spacial score (nSPS) is 24.6. The van der Waals surface area contributed by atoms with Gasteiger partial charge in [-0.3, -0.25) is 62.9 Å². The van der Waals surface area contributed by atoms with Gasteiger partial charge in [0, 0.05) is 63.5 Å². The van der Waals surface area contributed by atoms with E-state index in [1.165, 1.54) is 16.7 Å². The Morgan fingerprint density at radius 1 is 0.653 bits per heavy atom. The number of hydrogen-bond donors (Lipinski definition) is 14. The van der Waals surface area contributed by atoms with Crippen molar-refractivity contribution >= 4 is 105 Å². The van der Waals surface area contributed by atoms with Crippen molar-refractivity contribution < 1.29 is 67.1 Å². The Morgan fingerprint density at radius 3 is 1.95 bits per heavy atom. The van der Waals surface area contributed by atoms with Crippen molar-refractivity contribution in [1.82, 2.24) is 73.6 Å². The fourth-order valence-corrected chi connectivity index (χ4v) is 15.7. The molecule has 5 fully saturated rings. The molecule has 1 aromatic carbocycles. The molecule has 32 heteroatoms. The molecule has 1 aromatic rings. The fourth-order valence-electron chi connectivity index (χ4n) is 13.4. The first kappa shape index (κ1) is 80.0. The molecular formula is C69H104N16O14S2. The van der Waals surface area contributed by atoms with Crippen molar-refractivity contribution in [2.45, 2.75) is 217 Å². The van der Waals surface area contributed by atoms with Gasteiger partial charge < -0.3 is 84.1 Å². The van der Waals surface area contributed by atoms with Crippen LogP contribution in [0.15, 0.2) is 30.3 Å². The second kappa shape index (κ2) is 40.9. The monoisotopic (exact) mass is 1440 g/mol. The van der Waals surface area contributed by atoms with Crippen LogP contribution in [0.3, 0.4) is 0 Å². The molecule has 13 atom stereocenters. The number of alkyl carbamates (subject to hydrolysis) is 1. The van der Waals surface area contributed by atoms with Crippen molar-refractivity contribution in [3.05, 3.63) is 35.9 Å². The molecule has 2 aliphatic carbocycles. The van der Waals surface area contributed by atoms with Gasteiger partial charge in [0.1, 0.15) is 60.4 Å². The maximum atomic E-state index is 14.7. The van der Waals surface area contributed by atoms with Gasteiger partial charge in [0.2, 0.25) is 70.9 Å². The molecule has 0 bridgehead atoms. The molecule has 4 saturated heterocycles. The maximum Gasteiger partial charge on any atom is 0.407 e. The highest BCUT2D eigenvalue weighted by atomic mass is 33.1. The summed E-state index contributed by atoms with van der Waals surface area (Å²) in [5.41, 5.74) is 6.51. The third kappa shape index (κ3) is 25.6. The van der Waals surface area contributed by atoms with E-state index < -0.39 is 132 Å². The lowest BCUT2D eigenvalue weighted by Gasteiger charge is -2.31. The van der Waals surface area contributed by atoms with E-state index >= 15 is 0 Å². The number of amides is 13. The molecule has 0 spiro atoms. The number of unbranched alkanes of at least 4 members (excludes halogenated alkanes) is 2. The van der Waals surface area contributed by atoms with Crippen LogP contribution in [0.4, 0.5) is 4.79 Å². The zero-order valence-electron chi connectivity index (χ0n) is 58.5. The number of nitrogens with two attached hydrogens (primary N) is 1. The molecule has 6 aliphatic rings. The quantitative estimate of drug-likeness (QED) is 0.0152. The largest absolute Gasteiger partial charge is 0.449 e. The smallest absolute Gasteiger partial charge is 0.407 e. The summed E-state index contributed by atoms with van der Waals surface area (Å²) < 4.78 is 5.60. The number of ether oxygens (including phenoxy) is 1. The average molecular weight is 1450 g/mol. The van der Waals surface area contributed by atoms with Crippen LogP contribution in [0.1, 0.15) is 155 Å². The lowest BCUT2D eigenvalue weighted by atomic mass is 10.0. The predicted molar refractivity (Wildman–Crippen MR) is 379 cm³/mol. The summed E-state index contributed by atoms with van der Waals surface area (Å²) in [4.78, 5) is 183. The summed E-state index contributed by atoms with van der Waals surface area (Å²) in [5, 5.41) is 40.5. The zero-order valence-corrected chi connectivity index (χ0v) is 60.1. The molecule has 15 N–H and O–H groups in total. The molecular weight excluding hydrogens is 1340 g/mol. The molecule has 4 aliphatic heterocycles. The number of nitrogens with zero attached hydrogens (tertiary/aromatic N) is 2. The number of fused-ring (bicyclic) bond motifs is 1. The maximum absolute atomic E-state index is 14.7. The minimum atomic E-state index is -1.40. The highest BCUT2D eigenvalue weighted by molar-refractivity contribution is 8.76. The minimum Gasteiger partial charge on any atom is -0.449 e. The van der Waals surface area contributed by atoms with Crippen LogP contribution < -0.4 is 69.5 Å². The average Bonchev–Trinajstić information content (AvgIpc) is 1.64. The molecule has 0 unspecified atom stereocenters. The van der Waals surface area contributed by atoms with Crippen LogP contribution in [0.5, 0.6) is 0 Å². The van der Waals surface area contributed by atoms with Crippen LogP contribution >= 0.6 is 21.6 Å². The molecule has 13 amide bonds. The Hall–Kier alpha value is -8.34. The third-order valence-corrected chi connectivity index (χ3v) is 21.5. The van der Waals surface area contributed by atoms with Crippen molar-refractivity contribution in [2.75, 3.05) is 57.4 Å². The second-order valence-electron chi connectivity index (χ2n) is 27.2. The van der Waals surface area contributed by atoms with Crippen molar-refractivity contribution in [1.29, 1.82) is 5.41 Å². The lowest BCUT2D eigenvalue weighted by molar-refractivity contribution is -0.142. The summed E-state index contributed by atoms with van der Waals surface area (Å²) in [5.74, 6) is -0.630. The summed E-state index contributed by atoms with van der Waals surface area (Å²) >= 11 is 0. The molecule has 101 heavy (non-hydrogen) atoms. The fraction of sp³-hybridized carbons (Fsp3) is 0.681. The van der Waals surface area contributed by atoms with E-state index in [0.717, 1.165) is 59.3 Å². The standard InChI is InChI=1S/C69H104N16O14S2/c1-5-6-23-47(59(89)72-33-30-43-19-10-9-11-20-43)79-65(95)54-26-17-34-84(54)57(87)37-75-60(90)48(24-14-15-31-74-69(98)99-38-46-44-21-12-7-8-13-22-45(44)46)78-63(93)52-39-100-101-40-53(64(94)81-51(36-41(2)3)62(92)76-42(4)58(88)82-52)83-66(96)55-27-18-35-85(55)67(97)50(25-16-32-73-68(70)71)80-61(91)49-28-29-56(86)77-49/h9-11,19-20,41-42,44-55H,5-6,12-18,21-40H2,1-4H3,(H,72,89)(H,74,98)(H,75,90)(H,76,92)(H,77,86)(H,78,93)(H,79,95)(H,80,91)(H,81,94)(H,82,88)(H,83,96)(H4,70,71,73)/t42-,44-,45+,46-,47+,48-,49-,50-,51-,52-,53-,54-,55-/m0/s1. The number of hydrogen-bond acceptors (Lipinski definition) is 17. The SMILES string of the molecule is CCCC[C@@H](NC(=O)[C@@H]1CCCN1C(=O)CNC(=O)[C@H](CCCCNC(=O)OC[C@@H]1[C@@H]2CCC#CCC[C@@H]21)NC(=O)[C@@H]1CSSC[C@H](NC(=O)[C@@H]2CCCN2C(=O)[C@H](CCCNC(=N)N)NC(=O)[C@@H]2CCC(=O)N2)C(=O)N[C@@H](CC(C)C)C(=O)N[C@@H](C)C(=O)N1)C(=O)NCCc1ccccc1.